The Morgan fingerprint density at radius 2 is 1.83 bits per heavy atom. The van der Waals surface area contributed by atoms with Gasteiger partial charge in [0.05, 0.1) is 12.7 Å². The zero-order chi connectivity index (χ0) is 17.5. The molecule has 0 unspecified atom stereocenters. The molecule has 2 aromatic carbocycles. The average Bonchev–Trinajstić information content (AvgIpc) is 2.57. The Kier molecular flexibility index (Phi) is 6.21. The molecule has 0 saturated carbocycles. The number of methoxy groups -OCH3 is 1. The van der Waals surface area contributed by atoms with Crippen LogP contribution in [0.15, 0.2) is 42.5 Å². The number of carbonyl (C=O) groups is 2. The summed E-state index contributed by atoms with van der Waals surface area (Å²) in [6, 6.07) is 11.4. The second-order valence-corrected chi connectivity index (χ2v) is 5.48. The molecule has 0 bridgehead atoms. The lowest BCUT2D eigenvalue weighted by Gasteiger charge is -2.11. The summed E-state index contributed by atoms with van der Waals surface area (Å²) < 4.78 is 10.3. The van der Waals surface area contributed by atoms with Gasteiger partial charge in [-0.15, -0.1) is 0 Å². The van der Waals surface area contributed by atoms with Gasteiger partial charge in [0.25, 0.3) is 5.91 Å². The van der Waals surface area contributed by atoms with Gasteiger partial charge in [-0.25, -0.2) is 0 Å². The lowest BCUT2D eigenvalue weighted by molar-refractivity contribution is -0.134. The average molecular weight is 348 g/mol. The quantitative estimate of drug-likeness (QED) is 0.624. The van der Waals surface area contributed by atoms with Gasteiger partial charge >= 0.3 is 5.97 Å². The largest absolute Gasteiger partial charge is 0.497 e. The topological polar surface area (TPSA) is 64.6 Å². The molecule has 0 aliphatic heterocycles. The summed E-state index contributed by atoms with van der Waals surface area (Å²) in [7, 11) is 1.57. The van der Waals surface area contributed by atoms with E-state index < -0.39 is 11.9 Å². The molecule has 1 amide bonds. The van der Waals surface area contributed by atoms with E-state index in [2.05, 4.69) is 5.32 Å². The standard InChI is InChI=1S/C18H18ClNO4/c1-3-4-17(21)24-16-10-5-12(19)11-15(16)18(22)20-13-6-8-14(23-2)9-7-13/h5-11H,3-4H2,1-2H3,(H,20,22). The highest BCUT2D eigenvalue weighted by Crippen LogP contribution is 2.25. The van der Waals surface area contributed by atoms with Crippen LogP contribution in [-0.2, 0) is 4.79 Å². The Bertz CT molecular complexity index is 728. The van der Waals surface area contributed by atoms with Crippen LogP contribution in [0.3, 0.4) is 0 Å². The number of esters is 1. The van der Waals surface area contributed by atoms with Crippen LogP contribution in [0.5, 0.6) is 11.5 Å². The molecule has 24 heavy (non-hydrogen) atoms. The van der Waals surface area contributed by atoms with Crippen LogP contribution in [0.2, 0.25) is 5.02 Å². The molecule has 0 spiro atoms. The summed E-state index contributed by atoms with van der Waals surface area (Å²) in [5.74, 6) is 0.0640. The van der Waals surface area contributed by atoms with Crippen LogP contribution in [0.1, 0.15) is 30.1 Å². The number of nitrogens with one attached hydrogen (secondary N) is 1. The highest BCUT2D eigenvalue weighted by atomic mass is 35.5. The van der Waals surface area contributed by atoms with Gasteiger partial charge in [-0.05, 0) is 48.9 Å². The third-order valence-corrected chi connectivity index (χ3v) is 3.45. The summed E-state index contributed by atoms with van der Waals surface area (Å²) in [6.45, 7) is 1.88. The molecule has 0 fully saturated rings. The van der Waals surface area contributed by atoms with E-state index >= 15 is 0 Å². The predicted octanol–water partition coefficient (Wildman–Crippen LogP) is 4.31. The predicted molar refractivity (Wildman–Crippen MR) is 92.9 cm³/mol. The summed E-state index contributed by atoms with van der Waals surface area (Å²) >= 11 is 5.96. The van der Waals surface area contributed by atoms with E-state index in [0.717, 1.165) is 0 Å². The van der Waals surface area contributed by atoms with Crippen LogP contribution in [0.4, 0.5) is 5.69 Å². The van der Waals surface area contributed by atoms with E-state index in [4.69, 9.17) is 21.1 Å². The van der Waals surface area contributed by atoms with Crippen LogP contribution < -0.4 is 14.8 Å². The lowest BCUT2D eigenvalue weighted by Crippen LogP contribution is -2.16. The van der Waals surface area contributed by atoms with Crippen molar-refractivity contribution in [2.24, 2.45) is 0 Å². The molecule has 0 heterocycles. The van der Waals surface area contributed by atoms with E-state index in [1.165, 1.54) is 12.1 Å². The number of anilines is 1. The number of hydrogen-bond acceptors (Lipinski definition) is 4. The summed E-state index contributed by atoms with van der Waals surface area (Å²) in [5.41, 5.74) is 0.786. The fraction of sp³-hybridized carbons (Fsp3) is 0.222. The van der Waals surface area contributed by atoms with Crippen molar-refractivity contribution in [3.05, 3.63) is 53.1 Å². The Morgan fingerprint density at radius 1 is 1.12 bits per heavy atom. The smallest absolute Gasteiger partial charge is 0.311 e. The maximum Gasteiger partial charge on any atom is 0.311 e. The van der Waals surface area contributed by atoms with Crippen molar-refractivity contribution < 1.29 is 19.1 Å². The molecular formula is C18H18ClNO4. The zero-order valence-electron chi connectivity index (χ0n) is 13.5. The van der Waals surface area contributed by atoms with Gasteiger partial charge in [-0.1, -0.05) is 18.5 Å². The number of halogens is 1. The van der Waals surface area contributed by atoms with Crippen molar-refractivity contribution in [2.45, 2.75) is 19.8 Å². The highest BCUT2D eigenvalue weighted by Gasteiger charge is 2.16. The second-order valence-electron chi connectivity index (χ2n) is 5.05. The molecular weight excluding hydrogens is 330 g/mol. The fourth-order valence-electron chi connectivity index (χ4n) is 2.02. The third kappa shape index (κ3) is 4.73. The van der Waals surface area contributed by atoms with E-state index in [0.29, 0.717) is 22.9 Å². The van der Waals surface area contributed by atoms with Crippen molar-refractivity contribution >= 4 is 29.2 Å². The summed E-state index contributed by atoms with van der Waals surface area (Å²) in [4.78, 5) is 24.2. The molecule has 0 saturated heterocycles. The van der Waals surface area contributed by atoms with Gasteiger partial charge < -0.3 is 14.8 Å². The number of ether oxygens (including phenoxy) is 2. The van der Waals surface area contributed by atoms with E-state index in [1.807, 2.05) is 6.92 Å². The van der Waals surface area contributed by atoms with Crippen molar-refractivity contribution in [2.75, 3.05) is 12.4 Å². The second kappa shape index (κ2) is 8.36. The number of benzene rings is 2. The van der Waals surface area contributed by atoms with Crippen molar-refractivity contribution in [1.82, 2.24) is 0 Å². The molecule has 1 N–H and O–H groups in total. The van der Waals surface area contributed by atoms with Gasteiger partial charge in [0.1, 0.15) is 11.5 Å². The van der Waals surface area contributed by atoms with Gasteiger partial charge in [0, 0.05) is 17.1 Å². The first-order valence-electron chi connectivity index (χ1n) is 7.49. The van der Waals surface area contributed by atoms with Crippen LogP contribution in [-0.4, -0.2) is 19.0 Å². The van der Waals surface area contributed by atoms with Crippen LogP contribution in [0, 0.1) is 0 Å². The van der Waals surface area contributed by atoms with Gasteiger partial charge in [-0.2, -0.15) is 0 Å². The first-order valence-corrected chi connectivity index (χ1v) is 7.87. The molecule has 0 aromatic heterocycles. The molecule has 2 aromatic rings. The molecule has 2 rings (SSSR count). The minimum Gasteiger partial charge on any atom is -0.497 e. The van der Waals surface area contributed by atoms with Gasteiger partial charge in [-0.3, -0.25) is 9.59 Å². The molecule has 5 nitrogen and oxygen atoms in total. The third-order valence-electron chi connectivity index (χ3n) is 3.21. The Hall–Kier alpha value is -2.53. The van der Waals surface area contributed by atoms with Crippen LogP contribution in [0.25, 0.3) is 0 Å². The molecule has 0 atom stereocenters. The molecule has 6 heteroatoms. The van der Waals surface area contributed by atoms with Crippen molar-refractivity contribution in [3.63, 3.8) is 0 Å². The highest BCUT2D eigenvalue weighted by molar-refractivity contribution is 6.31. The monoisotopic (exact) mass is 347 g/mol. The van der Waals surface area contributed by atoms with E-state index in [1.54, 1.807) is 37.4 Å². The molecule has 126 valence electrons. The van der Waals surface area contributed by atoms with Crippen LogP contribution >= 0.6 is 11.6 Å². The van der Waals surface area contributed by atoms with Gasteiger partial charge in [0.2, 0.25) is 0 Å². The Morgan fingerprint density at radius 3 is 2.46 bits per heavy atom. The molecule has 0 aliphatic rings. The van der Waals surface area contributed by atoms with Crippen molar-refractivity contribution in [1.29, 1.82) is 0 Å². The summed E-state index contributed by atoms with van der Waals surface area (Å²) in [5, 5.41) is 3.12. The number of rotatable bonds is 6. The molecule has 0 aliphatic carbocycles. The SMILES string of the molecule is CCCC(=O)Oc1ccc(Cl)cc1C(=O)Nc1ccc(OC)cc1. The minimum absolute atomic E-state index is 0.184. The number of carbonyl (C=O) groups excluding carboxylic acids is 2. The summed E-state index contributed by atoms with van der Waals surface area (Å²) in [6.07, 6.45) is 0.946. The minimum atomic E-state index is -0.415. The lowest BCUT2D eigenvalue weighted by atomic mass is 10.1. The van der Waals surface area contributed by atoms with E-state index in [9.17, 15) is 9.59 Å². The fourth-order valence-corrected chi connectivity index (χ4v) is 2.19. The Labute approximate surface area is 145 Å². The maximum atomic E-state index is 12.5. The normalized spacial score (nSPS) is 10.1. The van der Waals surface area contributed by atoms with Gasteiger partial charge in [0.15, 0.2) is 0 Å². The first kappa shape index (κ1) is 17.8. The Balaban J connectivity index is 2.20. The molecule has 0 radical (unpaired) electrons. The van der Waals surface area contributed by atoms with E-state index in [-0.39, 0.29) is 17.7 Å². The number of amides is 1. The first-order chi connectivity index (χ1) is 11.5. The number of hydrogen-bond donors (Lipinski definition) is 1. The maximum absolute atomic E-state index is 12.5. The zero-order valence-corrected chi connectivity index (χ0v) is 14.2. The van der Waals surface area contributed by atoms with Crippen molar-refractivity contribution in [3.8, 4) is 11.5 Å².